The third kappa shape index (κ3) is 3.64. The molecule has 1 aromatic rings. The maximum absolute atomic E-state index is 13.5. The van der Waals surface area contributed by atoms with Gasteiger partial charge in [-0.2, -0.15) is 0 Å². The lowest BCUT2D eigenvalue weighted by Crippen LogP contribution is -2.64. The van der Waals surface area contributed by atoms with Gasteiger partial charge in [0.15, 0.2) is 5.72 Å². The largest absolute Gasteiger partial charge is 0.370 e. The minimum Gasteiger partial charge on any atom is -0.370 e. The van der Waals surface area contributed by atoms with E-state index in [9.17, 15) is 14.7 Å². The molecule has 4 rings (SSSR count). The summed E-state index contributed by atoms with van der Waals surface area (Å²) in [6, 6.07) is 9.83. The zero-order chi connectivity index (χ0) is 20.7. The van der Waals surface area contributed by atoms with Gasteiger partial charge in [-0.05, 0) is 43.3 Å². The summed E-state index contributed by atoms with van der Waals surface area (Å²) in [5.74, 6) is -0.0413. The van der Waals surface area contributed by atoms with E-state index in [1.165, 1.54) is 19.3 Å². The van der Waals surface area contributed by atoms with Gasteiger partial charge in [-0.15, -0.1) is 0 Å². The lowest BCUT2D eigenvalue weighted by molar-refractivity contribution is -0.201. The average Bonchev–Trinajstić information content (AvgIpc) is 2.87. The minimum atomic E-state index is -1.41. The van der Waals surface area contributed by atoms with E-state index in [0.717, 1.165) is 25.2 Å². The third-order valence-corrected chi connectivity index (χ3v) is 7.30. The van der Waals surface area contributed by atoms with Crippen molar-refractivity contribution in [1.29, 1.82) is 0 Å². The van der Waals surface area contributed by atoms with Crippen LogP contribution in [0.2, 0.25) is 0 Å². The van der Waals surface area contributed by atoms with Crippen molar-refractivity contribution in [1.82, 2.24) is 9.80 Å². The van der Waals surface area contributed by atoms with E-state index >= 15 is 0 Å². The molecule has 3 fully saturated rings. The Labute approximate surface area is 174 Å². The van der Waals surface area contributed by atoms with Gasteiger partial charge in [-0.1, -0.05) is 50.6 Å². The molecular formula is C24H34N2O3. The first-order valence-electron chi connectivity index (χ1n) is 11.1. The van der Waals surface area contributed by atoms with Gasteiger partial charge in [0.05, 0.1) is 5.41 Å². The smallest absolute Gasteiger partial charge is 0.226 e. The van der Waals surface area contributed by atoms with Crippen LogP contribution in [0.15, 0.2) is 30.3 Å². The predicted octanol–water partition coefficient (Wildman–Crippen LogP) is 3.01. The number of carbonyl (C=O) groups excluding carboxylic acids is 2. The maximum atomic E-state index is 13.5. The fourth-order valence-electron chi connectivity index (χ4n) is 5.86. The van der Waals surface area contributed by atoms with Gasteiger partial charge in [0.25, 0.3) is 0 Å². The summed E-state index contributed by atoms with van der Waals surface area (Å²) in [5, 5.41) is 12.1. The van der Waals surface area contributed by atoms with Crippen LogP contribution in [0.1, 0.15) is 57.9 Å². The molecule has 1 saturated carbocycles. The topological polar surface area (TPSA) is 60.9 Å². The minimum absolute atomic E-state index is 0.0360. The van der Waals surface area contributed by atoms with Crippen LogP contribution >= 0.6 is 0 Å². The first-order valence-corrected chi connectivity index (χ1v) is 11.1. The number of hydrogen-bond donors (Lipinski definition) is 1. The number of hydrogen-bond acceptors (Lipinski definition) is 4. The fourth-order valence-corrected chi connectivity index (χ4v) is 5.86. The zero-order valence-electron chi connectivity index (χ0n) is 17.8. The Morgan fingerprint density at radius 3 is 2.34 bits per heavy atom. The second-order valence-electron chi connectivity index (χ2n) is 10.1. The average molecular weight is 399 g/mol. The van der Waals surface area contributed by atoms with Crippen molar-refractivity contribution < 1.29 is 14.7 Å². The number of aliphatic hydroxyl groups is 1. The molecule has 1 amide bonds. The first-order chi connectivity index (χ1) is 13.8. The lowest BCUT2D eigenvalue weighted by atomic mass is 9.57. The van der Waals surface area contributed by atoms with Crippen LogP contribution in [0.5, 0.6) is 0 Å². The number of ketones is 1. The molecule has 5 nitrogen and oxygen atoms in total. The Morgan fingerprint density at radius 2 is 1.66 bits per heavy atom. The summed E-state index contributed by atoms with van der Waals surface area (Å²) in [7, 11) is 0. The van der Waals surface area contributed by atoms with Gasteiger partial charge in [0, 0.05) is 32.4 Å². The first kappa shape index (κ1) is 20.5. The Balaban J connectivity index is 1.65. The number of nitrogens with zero attached hydrogens (tertiary/aromatic N) is 2. The zero-order valence-corrected chi connectivity index (χ0v) is 17.8. The summed E-state index contributed by atoms with van der Waals surface area (Å²) in [6.45, 7) is 7.43. The van der Waals surface area contributed by atoms with Crippen LogP contribution in [-0.2, 0) is 16.0 Å². The SMILES string of the molecule is CC1(C)CC(=O)C2(Cc3ccccc3)CC(=O)N(CCN3CCCCC3)C2(O)C1. The quantitative estimate of drug-likeness (QED) is 0.828. The normalized spacial score (nSPS) is 32.4. The van der Waals surface area contributed by atoms with E-state index in [2.05, 4.69) is 4.90 Å². The van der Waals surface area contributed by atoms with Gasteiger partial charge in [-0.3, -0.25) is 9.59 Å². The van der Waals surface area contributed by atoms with E-state index in [1.54, 1.807) is 4.90 Å². The summed E-state index contributed by atoms with van der Waals surface area (Å²) < 4.78 is 0. The van der Waals surface area contributed by atoms with Crippen LogP contribution in [0.3, 0.4) is 0 Å². The van der Waals surface area contributed by atoms with Crippen molar-refractivity contribution in [2.75, 3.05) is 26.2 Å². The molecule has 1 aromatic carbocycles. The molecule has 1 N–H and O–H groups in total. The molecule has 2 heterocycles. The summed E-state index contributed by atoms with van der Waals surface area (Å²) >= 11 is 0. The number of amides is 1. The van der Waals surface area contributed by atoms with E-state index in [0.29, 0.717) is 25.8 Å². The lowest BCUT2D eigenvalue weighted by Gasteiger charge is -2.52. The second kappa shape index (κ2) is 7.51. The van der Waals surface area contributed by atoms with Gasteiger partial charge >= 0.3 is 0 Å². The highest BCUT2D eigenvalue weighted by atomic mass is 16.3. The number of benzene rings is 1. The summed E-state index contributed by atoms with van der Waals surface area (Å²) in [6.07, 6.45) is 5.06. The van der Waals surface area contributed by atoms with E-state index in [1.807, 2.05) is 44.2 Å². The Bertz CT molecular complexity index is 772. The molecule has 0 aromatic heterocycles. The molecule has 0 bridgehead atoms. The predicted molar refractivity (Wildman–Crippen MR) is 112 cm³/mol. The molecule has 29 heavy (non-hydrogen) atoms. The number of carbonyl (C=O) groups is 2. The summed E-state index contributed by atoms with van der Waals surface area (Å²) in [5.41, 5.74) is -1.76. The monoisotopic (exact) mass is 398 g/mol. The standard InChI is InChI=1S/C24H34N2O3/c1-22(2)16-20(27)23(15-19-9-5-3-6-10-19)17-21(28)26(24(23,29)18-22)14-13-25-11-7-4-8-12-25/h3,5-6,9-10,29H,4,7-8,11-18H2,1-2H3. The van der Waals surface area contributed by atoms with Crippen molar-refractivity contribution >= 4 is 11.7 Å². The van der Waals surface area contributed by atoms with Crippen LogP contribution in [0.25, 0.3) is 0 Å². The molecule has 2 unspecified atom stereocenters. The van der Waals surface area contributed by atoms with Gasteiger partial charge in [0.1, 0.15) is 5.78 Å². The second-order valence-corrected chi connectivity index (χ2v) is 10.1. The molecule has 0 radical (unpaired) electrons. The number of Topliss-reactive ketones (excluding diaryl/α,β-unsaturated/α-hetero) is 1. The molecule has 2 aliphatic heterocycles. The number of rotatable bonds is 5. The van der Waals surface area contributed by atoms with E-state index in [4.69, 9.17) is 0 Å². The van der Waals surface area contributed by atoms with E-state index < -0.39 is 11.1 Å². The highest BCUT2D eigenvalue weighted by Crippen LogP contribution is 2.57. The number of fused-ring (bicyclic) bond motifs is 1. The fraction of sp³-hybridized carbons (Fsp3) is 0.667. The number of likely N-dealkylation sites (tertiary alicyclic amines) is 2. The third-order valence-electron chi connectivity index (χ3n) is 7.30. The molecule has 2 atom stereocenters. The van der Waals surface area contributed by atoms with Gasteiger partial charge < -0.3 is 14.9 Å². The molecular weight excluding hydrogens is 364 g/mol. The van der Waals surface area contributed by atoms with E-state index in [-0.39, 0.29) is 23.5 Å². The number of piperidine rings is 1. The van der Waals surface area contributed by atoms with Crippen LogP contribution in [-0.4, -0.2) is 58.5 Å². The highest BCUT2D eigenvalue weighted by molar-refractivity contribution is 5.96. The van der Waals surface area contributed by atoms with Crippen molar-refractivity contribution in [2.24, 2.45) is 10.8 Å². The molecule has 1 aliphatic carbocycles. The summed E-state index contributed by atoms with van der Waals surface area (Å²) in [4.78, 5) is 30.7. The molecule has 158 valence electrons. The van der Waals surface area contributed by atoms with Crippen LogP contribution in [0.4, 0.5) is 0 Å². The molecule has 0 spiro atoms. The van der Waals surface area contributed by atoms with Crippen molar-refractivity contribution in [3.05, 3.63) is 35.9 Å². The highest BCUT2D eigenvalue weighted by Gasteiger charge is 2.69. The molecule has 5 heteroatoms. The molecule has 3 aliphatic rings. The molecule has 2 saturated heterocycles. The maximum Gasteiger partial charge on any atom is 0.226 e. The van der Waals surface area contributed by atoms with Crippen LogP contribution in [0, 0.1) is 10.8 Å². The van der Waals surface area contributed by atoms with Crippen molar-refractivity contribution in [2.45, 2.75) is 64.5 Å². The van der Waals surface area contributed by atoms with Gasteiger partial charge in [-0.25, -0.2) is 0 Å². The van der Waals surface area contributed by atoms with Crippen molar-refractivity contribution in [3.63, 3.8) is 0 Å². The Morgan fingerprint density at radius 1 is 0.966 bits per heavy atom. The van der Waals surface area contributed by atoms with Crippen LogP contribution < -0.4 is 0 Å². The Hall–Kier alpha value is -1.72. The van der Waals surface area contributed by atoms with Crippen molar-refractivity contribution in [3.8, 4) is 0 Å². The van der Waals surface area contributed by atoms with Gasteiger partial charge in [0.2, 0.25) is 5.91 Å². The Kier molecular flexibility index (Phi) is 5.32.